The summed E-state index contributed by atoms with van der Waals surface area (Å²) in [5, 5.41) is 11.8. The second-order valence-electron chi connectivity index (χ2n) is 9.83. The van der Waals surface area contributed by atoms with Gasteiger partial charge in [-0.05, 0) is 51.8 Å². The minimum Gasteiger partial charge on any atom is -0.508 e. The molecule has 1 fully saturated rings. The molecule has 0 radical (unpaired) electrons. The van der Waals surface area contributed by atoms with Crippen LogP contribution in [-0.2, 0) is 14.3 Å². The molecule has 0 amide bonds. The van der Waals surface area contributed by atoms with Crippen LogP contribution in [0.4, 0.5) is 0 Å². The van der Waals surface area contributed by atoms with Gasteiger partial charge in [0.05, 0.1) is 24.4 Å². The summed E-state index contributed by atoms with van der Waals surface area (Å²) in [7, 11) is 1.72. The van der Waals surface area contributed by atoms with Gasteiger partial charge in [-0.15, -0.1) is 0 Å². The number of hydrogen-bond acceptors (Lipinski definition) is 10. The molecule has 2 heterocycles. The lowest BCUT2D eigenvalue weighted by Crippen LogP contribution is -2.48. The number of hydrazine groups is 2. The quantitative estimate of drug-likeness (QED) is 0.0751. The Morgan fingerprint density at radius 1 is 1.32 bits per heavy atom. The molecule has 222 valence electrons. The smallest absolute Gasteiger partial charge is 0.321 e. The van der Waals surface area contributed by atoms with Crippen molar-refractivity contribution in [3.8, 4) is 5.75 Å². The van der Waals surface area contributed by atoms with Crippen LogP contribution >= 0.6 is 0 Å². The molecule has 12 heteroatoms. The highest BCUT2D eigenvalue weighted by Gasteiger charge is 2.34. The van der Waals surface area contributed by atoms with Crippen LogP contribution in [0.2, 0.25) is 0 Å². The highest BCUT2D eigenvalue weighted by Crippen LogP contribution is 2.35. The molecule has 12 nitrogen and oxygen atoms in total. The summed E-state index contributed by atoms with van der Waals surface area (Å²) in [6.45, 7) is 10.6. The first-order valence-electron chi connectivity index (χ1n) is 13.7. The Morgan fingerprint density at radius 2 is 2.05 bits per heavy atom. The van der Waals surface area contributed by atoms with Crippen LogP contribution in [0.25, 0.3) is 0 Å². The predicted octanol–water partition coefficient (Wildman–Crippen LogP) is 2.62. The van der Waals surface area contributed by atoms with E-state index in [0.29, 0.717) is 29.9 Å². The molecule has 0 spiro atoms. The number of nitrogens with one attached hydrogen (secondary N) is 4. The first-order valence-corrected chi connectivity index (χ1v) is 13.7. The van der Waals surface area contributed by atoms with Gasteiger partial charge in [0.25, 0.3) is 0 Å². The van der Waals surface area contributed by atoms with E-state index in [1.807, 2.05) is 37.5 Å². The molecule has 3 unspecified atom stereocenters. The fourth-order valence-electron chi connectivity index (χ4n) is 4.09. The number of esters is 1. The third-order valence-electron chi connectivity index (χ3n) is 5.99. The maximum absolute atomic E-state index is 11.5. The molecule has 40 heavy (non-hydrogen) atoms. The topological polar surface area (TPSA) is 160 Å². The SMILES string of the molecule is CCC/C=C(\N)NC(=NC)c1ncn(C2OC(CNNNCC(=O)OC(C)C)CC2C)c1C.Oc1ccccc1. The standard InChI is InChI=1S/C22H40N8O3.C6H6O/c1-7-8-9-18(23)28-21(24-6)20-16(5)30(13-25-20)22-15(4)10-17(33-22)11-26-29-27-12-19(31)32-14(2)3;7-6-4-2-1-3-5-6/h9,13-15,17,22,26-27,29H,7-8,10-12,23H2,1-6H3,(H,24,28);1-5,7H/b18-9+;. The van der Waals surface area contributed by atoms with E-state index in [-0.39, 0.29) is 30.9 Å². The average molecular weight is 559 g/mol. The second kappa shape index (κ2) is 17.3. The molecule has 0 bridgehead atoms. The number of para-hydroxylation sites is 1. The van der Waals surface area contributed by atoms with Crippen molar-refractivity contribution < 1.29 is 19.4 Å². The first kappa shape index (κ1) is 32.8. The molecule has 2 aromatic rings. The maximum Gasteiger partial charge on any atom is 0.321 e. The Balaban J connectivity index is 0.000000693. The Bertz CT molecular complexity index is 1090. The molecular weight excluding hydrogens is 512 g/mol. The van der Waals surface area contributed by atoms with Crippen LogP contribution in [0, 0.1) is 12.8 Å². The van der Waals surface area contributed by atoms with Gasteiger partial charge >= 0.3 is 5.97 Å². The van der Waals surface area contributed by atoms with Crippen LogP contribution in [-0.4, -0.2) is 58.8 Å². The van der Waals surface area contributed by atoms with Gasteiger partial charge in [0, 0.05) is 25.2 Å². The summed E-state index contributed by atoms with van der Waals surface area (Å²) >= 11 is 0. The van der Waals surface area contributed by atoms with Crippen molar-refractivity contribution in [3.63, 3.8) is 0 Å². The van der Waals surface area contributed by atoms with E-state index in [2.05, 4.69) is 45.5 Å². The van der Waals surface area contributed by atoms with E-state index < -0.39 is 0 Å². The summed E-state index contributed by atoms with van der Waals surface area (Å²) in [6.07, 6.45) is 6.32. The van der Waals surface area contributed by atoms with Crippen molar-refractivity contribution in [2.75, 3.05) is 20.1 Å². The van der Waals surface area contributed by atoms with Crippen molar-refractivity contribution in [1.29, 1.82) is 0 Å². The number of benzene rings is 1. The van der Waals surface area contributed by atoms with Crippen LogP contribution in [0.5, 0.6) is 5.75 Å². The predicted molar refractivity (Wildman–Crippen MR) is 156 cm³/mol. The van der Waals surface area contributed by atoms with Gasteiger partial charge < -0.3 is 30.2 Å². The zero-order valence-corrected chi connectivity index (χ0v) is 24.5. The Kier molecular flexibility index (Phi) is 14.2. The molecule has 3 atom stereocenters. The van der Waals surface area contributed by atoms with Crippen molar-refractivity contribution in [2.45, 2.75) is 72.3 Å². The monoisotopic (exact) mass is 558 g/mol. The lowest BCUT2D eigenvalue weighted by Gasteiger charge is -2.19. The molecule has 1 aromatic carbocycles. The van der Waals surface area contributed by atoms with Gasteiger partial charge in [-0.3, -0.25) is 9.79 Å². The number of amidine groups is 1. The number of unbranched alkanes of at least 4 members (excludes halogenated alkanes) is 1. The van der Waals surface area contributed by atoms with Crippen molar-refractivity contribution >= 4 is 11.8 Å². The van der Waals surface area contributed by atoms with Crippen molar-refractivity contribution in [3.05, 3.63) is 59.9 Å². The molecule has 1 saturated heterocycles. The minimum atomic E-state index is -0.316. The number of rotatable bonds is 12. The number of imidazole rings is 1. The number of aromatic hydroxyl groups is 1. The zero-order valence-electron chi connectivity index (χ0n) is 24.5. The summed E-state index contributed by atoms with van der Waals surface area (Å²) in [5.41, 5.74) is 16.4. The van der Waals surface area contributed by atoms with Gasteiger partial charge in [-0.2, -0.15) is 5.53 Å². The fraction of sp³-hybridized carbons (Fsp3) is 0.536. The molecule has 1 aliphatic rings. The van der Waals surface area contributed by atoms with Gasteiger partial charge in [-0.1, -0.05) is 38.5 Å². The molecule has 0 saturated carbocycles. The van der Waals surface area contributed by atoms with E-state index in [9.17, 15) is 4.79 Å². The van der Waals surface area contributed by atoms with Gasteiger partial charge in [-0.25, -0.2) is 15.8 Å². The van der Waals surface area contributed by atoms with Crippen molar-refractivity contribution in [2.24, 2.45) is 16.6 Å². The normalized spacial score (nSPS) is 19.3. The van der Waals surface area contributed by atoms with Crippen molar-refractivity contribution in [1.82, 2.24) is 31.3 Å². The van der Waals surface area contributed by atoms with E-state index in [1.165, 1.54) is 0 Å². The number of aromatic nitrogens is 2. The Hall–Kier alpha value is -3.45. The highest BCUT2D eigenvalue weighted by atomic mass is 16.5. The first-order chi connectivity index (χ1) is 19.2. The summed E-state index contributed by atoms with van der Waals surface area (Å²) in [5.74, 6) is 1.51. The number of phenolic OH excluding ortho intramolecular Hbond substituents is 1. The molecule has 0 aliphatic carbocycles. The zero-order chi connectivity index (χ0) is 29.5. The van der Waals surface area contributed by atoms with E-state index in [1.54, 1.807) is 37.6 Å². The second-order valence-corrected chi connectivity index (χ2v) is 9.83. The van der Waals surface area contributed by atoms with E-state index >= 15 is 0 Å². The number of ether oxygens (including phenoxy) is 2. The molecule has 1 aliphatic heterocycles. The fourth-order valence-corrected chi connectivity index (χ4v) is 4.09. The van der Waals surface area contributed by atoms with Gasteiger partial charge in [0.2, 0.25) is 0 Å². The third kappa shape index (κ3) is 11.0. The number of allylic oxidation sites excluding steroid dienone is 1. The van der Waals surface area contributed by atoms with Gasteiger partial charge in [0.1, 0.15) is 24.2 Å². The highest BCUT2D eigenvalue weighted by molar-refractivity contribution is 5.98. The lowest BCUT2D eigenvalue weighted by molar-refractivity contribution is -0.146. The third-order valence-corrected chi connectivity index (χ3v) is 5.99. The average Bonchev–Trinajstić information content (AvgIpc) is 3.47. The maximum atomic E-state index is 11.5. The Labute approximate surface area is 237 Å². The Morgan fingerprint density at radius 3 is 2.65 bits per heavy atom. The van der Waals surface area contributed by atoms with Crippen LogP contribution in [0.1, 0.15) is 64.6 Å². The lowest BCUT2D eigenvalue weighted by atomic mass is 10.1. The van der Waals surface area contributed by atoms with Gasteiger partial charge in [0.15, 0.2) is 5.84 Å². The molecule has 3 rings (SSSR count). The molecular formula is C28H46N8O4. The molecule has 7 N–H and O–H groups in total. The number of hydrogen-bond donors (Lipinski definition) is 6. The minimum absolute atomic E-state index is 0.0113. The summed E-state index contributed by atoms with van der Waals surface area (Å²) < 4.78 is 13.4. The largest absolute Gasteiger partial charge is 0.508 e. The van der Waals surface area contributed by atoms with Crippen LogP contribution < -0.4 is 27.4 Å². The number of nitrogens with two attached hydrogens (primary N) is 1. The number of aliphatic imine (C=N–C) groups is 1. The number of phenols is 1. The van der Waals surface area contributed by atoms with Crippen LogP contribution in [0.3, 0.4) is 0 Å². The van der Waals surface area contributed by atoms with Crippen LogP contribution in [0.15, 0.2) is 53.5 Å². The summed E-state index contributed by atoms with van der Waals surface area (Å²) in [6, 6.07) is 8.71. The number of carbonyl (C=O) groups is 1. The number of carbonyl (C=O) groups excluding carboxylic acids is 1. The molecule has 1 aromatic heterocycles. The number of nitrogens with zero attached hydrogens (tertiary/aromatic N) is 3. The van der Waals surface area contributed by atoms with E-state index in [0.717, 1.165) is 30.7 Å². The van der Waals surface area contributed by atoms with E-state index in [4.69, 9.17) is 20.3 Å². The summed E-state index contributed by atoms with van der Waals surface area (Å²) in [4.78, 5) is 20.4.